The number of ether oxygens (including phenoxy) is 1. The van der Waals surface area contributed by atoms with Gasteiger partial charge in [0.1, 0.15) is 0 Å². The van der Waals surface area contributed by atoms with Crippen LogP contribution in [0.1, 0.15) is 0 Å². The minimum atomic E-state index is -0.0318. The van der Waals surface area contributed by atoms with Gasteiger partial charge < -0.3 is 9.30 Å². The number of rotatable bonds is 4. The third-order valence-corrected chi connectivity index (χ3v) is 2.01. The SMILES string of the molecule is COc1nc(N=[N+]=[N-])nc2c1ncn2CNN. The van der Waals surface area contributed by atoms with Crippen LogP contribution in [0, 0.1) is 0 Å². The Morgan fingerprint density at radius 1 is 1.65 bits per heavy atom. The monoisotopic (exact) mass is 235 g/mol. The second kappa shape index (κ2) is 4.61. The summed E-state index contributed by atoms with van der Waals surface area (Å²) in [7, 11) is 1.45. The quantitative estimate of drug-likeness (QED) is 0.255. The Kier molecular flexibility index (Phi) is 3.01. The largest absolute Gasteiger partial charge is 0.479 e. The molecule has 3 N–H and O–H groups in total. The van der Waals surface area contributed by atoms with Crippen molar-refractivity contribution < 1.29 is 4.74 Å². The van der Waals surface area contributed by atoms with Gasteiger partial charge in [-0.3, -0.25) is 5.84 Å². The first-order chi connectivity index (χ1) is 8.30. The Hall–Kier alpha value is -2.42. The van der Waals surface area contributed by atoms with Crippen LogP contribution in [0.4, 0.5) is 5.95 Å². The molecule has 0 bridgehead atoms. The van der Waals surface area contributed by atoms with Gasteiger partial charge in [0.2, 0.25) is 11.8 Å². The van der Waals surface area contributed by atoms with E-state index in [0.717, 1.165) is 0 Å². The molecule has 0 aliphatic heterocycles. The highest BCUT2D eigenvalue weighted by atomic mass is 16.5. The number of imidazole rings is 1. The van der Waals surface area contributed by atoms with Crippen LogP contribution in [-0.4, -0.2) is 26.6 Å². The standard InChI is InChI=1S/C7H9N9O/c1-17-6-4-5(12-7(13-6)14-15-9)16(2-10-4)3-11-8/h2,11H,3,8H2,1H3. The number of fused-ring (bicyclic) bond motifs is 1. The van der Waals surface area contributed by atoms with Crippen molar-refractivity contribution in [1.29, 1.82) is 0 Å². The van der Waals surface area contributed by atoms with Crippen LogP contribution in [0.2, 0.25) is 0 Å². The van der Waals surface area contributed by atoms with Crippen molar-refractivity contribution in [3.05, 3.63) is 16.8 Å². The van der Waals surface area contributed by atoms with Crippen LogP contribution in [-0.2, 0) is 6.67 Å². The van der Waals surface area contributed by atoms with Crippen LogP contribution in [0.25, 0.3) is 21.6 Å². The molecule has 0 saturated carbocycles. The summed E-state index contributed by atoms with van der Waals surface area (Å²) in [6.45, 7) is 0.312. The second-order valence-electron chi connectivity index (χ2n) is 2.97. The fourth-order valence-electron chi connectivity index (χ4n) is 1.35. The maximum atomic E-state index is 8.36. The van der Waals surface area contributed by atoms with Crippen molar-refractivity contribution in [2.75, 3.05) is 7.11 Å². The lowest BCUT2D eigenvalue weighted by atomic mass is 10.5. The van der Waals surface area contributed by atoms with Crippen molar-refractivity contribution in [3.8, 4) is 5.88 Å². The lowest BCUT2D eigenvalue weighted by Crippen LogP contribution is -2.24. The van der Waals surface area contributed by atoms with E-state index in [-0.39, 0.29) is 11.8 Å². The number of aromatic nitrogens is 4. The molecule has 0 radical (unpaired) electrons. The number of hydrogen-bond acceptors (Lipinski definition) is 7. The molecule has 0 aliphatic rings. The molecule has 2 heterocycles. The zero-order valence-electron chi connectivity index (χ0n) is 8.90. The van der Waals surface area contributed by atoms with Crippen LogP contribution >= 0.6 is 0 Å². The second-order valence-corrected chi connectivity index (χ2v) is 2.97. The van der Waals surface area contributed by atoms with E-state index >= 15 is 0 Å². The van der Waals surface area contributed by atoms with E-state index in [1.807, 2.05) is 0 Å². The molecular weight excluding hydrogens is 226 g/mol. The van der Waals surface area contributed by atoms with Crippen molar-refractivity contribution >= 4 is 17.1 Å². The van der Waals surface area contributed by atoms with Gasteiger partial charge in [-0.1, -0.05) is 0 Å². The molecule has 2 rings (SSSR count). The van der Waals surface area contributed by atoms with Gasteiger partial charge in [0, 0.05) is 4.91 Å². The Bertz CT molecular complexity index is 584. The summed E-state index contributed by atoms with van der Waals surface area (Å²) < 4.78 is 6.68. The van der Waals surface area contributed by atoms with E-state index in [9.17, 15) is 0 Å². The minimum absolute atomic E-state index is 0.0318. The molecule has 2 aromatic rings. The highest BCUT2D eigenvalue weighted by Crippen LogP contribution is 2.23. The third kappa shape index (κ3) is 1.95. The highest BCUT2D eigenvalue weighted by Gasteiger charge is 2.12. The van der Waals surface area contributed by atoms with E-state index < -0.39 is 0 Å². The van der Waals surface area contributed by atoms with Gasteiger partial charge in [0.25, 0.3) is 0 Å². The predicted octanol–water partition coefficient (Wildman–Crippen LogP) is 0.197. The highest BCUT2D eigenvalue weighted by molar-refractivity contribution is 5.77. The lowest BCUT2D eigenvalue weighted by molar-refractivity contribution is 0.402. The minimum Gasteiger partial charge on any atom is -0.479 e. The van der Waals surface area contributed by atoms with Gasteiger partial charge in [-0.15, -0.1) is 0 Å². The third-order valence-electron chi connectivity index (χ3n) is 2.01. The van der Waals surface area contributed by atoms with Gasteiger partial charge in [0.05, 0.1) is 20.1 Å². The first kappa shape index (κ1) is 11.1. The summed E-state index contributed by atoms with van der Waals surface area (Å²) in [6, 6.07) is 0. The van der Waals surface area contributed by atoms with Gasteiger partial charge in [-0.2, -0.15) is 4.98 Å². The van der Waals surface area contributed by atoms with Gasteiger partial charge >= 0.3 is 0 Å². The maximum Gasteiger partial charge on any atom is 0.245 e. The molecule has 0 fully saturated rings. The first-order valence-corrected chi connectivity index (χ1v) is 4.55. The number of azide groups is 1. The van der Waals surface area contributed by atoms with Gasteiger partial charge in [-0.25, -0.2) is 15.4 Å². The van der Waals surface area contributed by atoms with Gasteiger partial charge in [-0.05, 0) is 10.6 Å². The summed E-state index contributed by atoms with van der Waals surface area (Å²) in [4.78, 5) is 14.7. The Balaban J connectivity index is 2.67. The number of nitrogens with two attached hydrogens (primary N) is 1. The van der Waals surface area contributed by atoms with E-state index in [1.165, 1.54) is 13.4 Å². The summed E-state index contributed by atoms with van der Waals surface area (Å²) in [6.07, 6.45) is 1.53. The number of nitrogens with zero attached hydrogens (tertiary/aromatic N) is 7. The van der Waals surface area contributed by atoms with E-state index in [1.54, 1.807) is 4.57 Å². The zero-order valence-corrected chi connectivity index (χ0v) is 8.90. The maximum absolute atomic E-state index is 8.36. The Morgan fingerprint density at radius 2 is 2.47 bits per heavy atom. The summed E-state index contributed by atoms with van der Waals surface area (Å²) in [5.74, 6) is 5.43. The molecule has 10 heteroatoms. The fraction of sp³-hybridized carbons (Fsp3) is 0.286. The molecule has 0 aliphatic carbocycles. The average molecular weight is 235 g/mol. The molecular formula is C7H9N9O. The first-order valence-electron chi connectivity index (χ1n) is 4.55. The molecule has 17 heavy (non-hydrogen) atoms. The Labute approximate surface area is 95.0 Å². The van der Waals surface area contributed by atoms with Crippen molar-refractivity contribution in [3.63, 3.8) is 0 Å². The number of hydrogen-bond donors (Lipinski definition) is 2. The van der Waals surface area contributed by atoms with Crippen LogP contribution < -0.4 is 16.0 Å². The van der Waals surface area contributed by atoms with E-state index in [0.29, 0.717) is 17.8 Å². The molecule has 2 aromatic heterocycles. The van der Waals surface area contributed by atoms with E-state index in [2.05, 4.69) is 30.4 Å². The molecule has 88 valence electrons. The fourth-order valence-corrected chi connectivity index (χ4v) is 1.35. The number of nitrogens with one attached hydrogen (secondary N) is 1. The van der Waals surface area contributed by atoms with Crippen molar-refractivity contribution in [2.24, 2.45) is 11.0 Å². The van der Waals surface area contributed by atoms with Crippen molar-refractivity contribution in [1.82, 2.24) is 24.9 Å². The molecule has 0 atom stereocenters. The van der Waals surface area contributed by atoms with Crippen LogP contribution in [0.15, 0.2) is 11.4 Å². The van der Waals surface area contributed by atoms with Crippen LogP contribution in [0.3, 0.4) is 0 Å². The smallest absolute Gasteiger partial charge is 0.245 e. The topological polar surface area (TPSA) is 140 Å². The molecule has 0 aromatic carbocycles. The molecule has 0 saturated heterocycles. The normalized spacial score (nSPS) is 10.2. The average Bonchev–Trinajstić information content (AvgIpc) is 2.73. The summed E-state index contributed by atoms with van der Waals surface area (Å²) >= 11 is 0. The number of methoxy groups -OCH3 is 1. The zero-order chi connectivity index (χ0) is 12.3. The molecule has 0 unspecified atom stereocenters. The van der Waals surface area contributed by atoms with Crippen molar-refractivity contribution in [2.45, 2.75) is 6.67 Å². The summed E-state index contributed by atoms with van der Waals surface area (Å²) in [5.41, 5.74) is 11.8. The predicted molar refractivity (Wildman–Crippen MR) is 58.0 cm³/mol. The van der Waals surface area contributed by atoms with Crippen LogP contribution in [0.5, 0.6) is 5.88 Å². The molecule has 0 amide bonds. The van der Waals surface area contributed by atoms with Gasteiger partial charge in [0.15, 0.2) is 11.2 Å². The van der Waals surface area contributed by atoms with E-state index in [4.69, 9.17) is 16.1 Å². The lowest BCUT2D eigenvalue weighted by Gasteiger charge is -2.03. The molecule has 0 spiro atoms. The Morgan fingerprint density at radius 3 is 3.12 bits per heavy atom. The number of hydrazine groups is 1. The molecule has 10 nitrogen and oxygen atoms in total. The summed E-state index contributed by atoms with van der Waals surface area (Å²) in [5, 5.41) is 3.33.